The molecule has 0 saturated carbocycles. The molecule has 0 unspecified atom stereocenters. The van der Waals surface area contributed by atoms with Crippen LogP contribution in [0.2, 0.25) is 0 Å². The number of anilines is 1. The van der Waals surface area contributed by atoms with Crippen LogP contribution >= 0.6 is 0 Å². The topological polar surface area (TPSA) is 70.6 Å². The van der Waals surface area contributed by atoms with Crippen molar-refractivity contribution in [3.63, 3.8) is 0 Å². The van der Waals surface area contributed by atoms with Crippen LogP contribution in [0.5, 0.6) is 0 Å². The fourth-order valence-electron chi connectivity index (χ4n) is 1.75. The highest BCUT2D eigenvalue weighted by Crippen LogP contribution is 2.13. The maximum Gasteiger partial charge on any atom is 0.343 e. The van der Waals surface area contributed by atoms with Gasteiger partial charge < -0.3 is 15.1 Å². The van der Waals surface area contributed by atoms with Crippen LogP contribution < -0.4 is 5.43 Å². The lowest BCUT2D eigenvalue weighted by atomic mass is 10.3. The number of hydrazine groups is 1. The van der Waals surface area contributed by atoms with Crippen molar-refractivity contribution in [2.75, 3.05) is 45.8 Å². The van der Waals surface area contributed by atoms with Crippen LogP contribution in [0.15, 0.2) is 12.5 Å². The summed E-state index contributed by atoms with van der Waals surface area (Å²) in [5.41, 5.74) is 3.49. The summed E-state index contributed by atoms with van der Waals surface area (Å²) in [7, 11) is 3.43. The average Bonchev–Trinajstić information content (AvgIpc) is 2.41. The number of hydrogen-bond acceptors (Lipinski definition) is 7. The van der Waals surface area contributed by atoms with Gasteiger partial charge in [0.2, 0.25) is 0 Å². The van der Waals surface area contributed by atoms with E-state index in [0.717, 1.165) is 26.2 Å². The van der Waals surface area contributed by atoms with Crippen molar-refractivity contribution in [2.45, 2.75) is 0 Å². The number of rotatable bonds is 3. The van der Waals surface area contributed by atoms with Crippen molar-refractivity contribution in [3.8, 4) is 0 Å². The van der Waals surface area contributed by atoms with Gasteiger partial charge in [-0.25, -0.2) is 19.8 Å². The SMILES string of the molecule is COC(=O)c1cncnc1NN1CCN(C)CC1. The number of aromatic nitrogens is 2. The number of nitrogens with one attached hydrogen (secondary N) is 1. The van der Waals surface area contributed by atoms with Crippen LogP contribution in [0.1, 0.15) is 10.4 Å². The molecule has 7 heteroatoms. The molecule has 0 aliphatic carbocycles. The molecule has 1 aliphatic rings. The summed E-state index contributed by atoms with van der Waals surface area (Å²) in [6.07, 6.45) is 2.86. The van der Waals surface area contributed by atoms with Crippen molar-refractivity contribution in [2.24, 2.45) is 0 Å². The quantitative estimate of drug-likeness (QED) is 0.748. The molecule has 0 aromatic carbocycles. The first-order chi connectivity index (χ1) is 8.70. The molecule has 1 aromatic rings. The highest BCUT2D eigenvalue weighted by atomic mass is 16.5. The Morgan fingerprint density at radius 1 is 1.39 bits per heavy atom. The summed E-state index contributed by atoms with van der Waals surface area (Å²) >= 11 is 0. The maximum absolute atomic E-state index is 11.6. The van der Waals surface area contributed by atoms with Crippen molar-refractivity contribution >= 4 is 11.8 Å². The first kappa shape index (κ1) is 12.7. The normalized spacial score (nSPS) is 17.4. The molecule has 0 atom stereocenters. The van der Waals surface area contributed by atoms with E-state index < -0.39 is 5.97 Å². The third-order valence-electron chi connectivity index (χ3n) is 2.88. The summed E-state index contributed by atoms with van der Waals surface area (Å²) in [5, 5.41) is 2.04. The molecule has 2 rings (SSSR count). The average molecular weight is 251 g/mol. The third kappa shape index (κ3) is 2.93. The molecule has 7 nitrogen and oxygen atoms in total. The molecule has 1 aromatic heterocycles. The number of carbonyl (C=O) groups excluding carboxylic acids is 1. The number of ether oxygens (including phenoxy) is 1. The van der Waals surface area contributed by atoms with E-state index in [1.54, 1.807) is 0 Å². The summed E-state index contributed by atoms with van der Waals surface area (Å²) < 4.78 is 4.70. The molecule has 0 spiro atoms. The number of likely N-dealkylation sites (N-methyl/N-ethyl adjacent to an activating group) is 1. The Morgan fingerprint density at radius 2 is 2.11 bits per heavy atom. The molecule has 1 fully saturated rings. The Morgan fingerprint density at radius 3 is 2.78 bits per heavy atom. The molecular weight excluding hydrogens is 234 g/mol. The van der Waals surface area contributed by atoms with E-state index in [0.29, 0.717) is 11.4 Å². The van der Waals surface area contributed by atoms with Gasteiger partial charge in [0.15, 0.2) is 5.82 Å². The zero-order valence-electron chi connectivity index (χ0n) is 10.6. The molecule has 2 heterocycles. The van der Waals surface area contributed by atoms with Gasteiger partial charge in [-0.2, -0.15) is 0 Å². The maximum atomic E-state index is 11.6. The van der Waals surface area contributed by atoms with E-state index >= 15 is 0 Å². The third-order valence-corrected chi connectivity index (χ3v) is 2.88. The Balaban J connectivity index is 2.07. The van der Waals surface area contributed by atoms with Gasteiger partial charge in [0.1, 0.15) is 11.9 Å². The first-order valence-corrected chi connectivity index (χ1v) is 5.79. The second-order valence-corrected chi connectivity index (χ2v) is 4.18. The molecule has 18 heavy (non-hydrogen) atoms. The van der Waals surface area contributed by atoms with Crippen LogP contribution in [0.3, 0.4) is 0 Å². The molecular formula is C11H17N5O2. The first-order valence-electron chi connectivity index (χ1n) is 5.79. The number of piperazine rings is 1. The Hall–Kier alpha value is -1.73. The summed E-state index contributed by atoms with van der Waals surface area (Å²) in [6, 6.07) is 0. The standard InChI is InChI=1S/C11H17N5O2/c1-15-3-5-16(6-4-15)14-10-9(11(17)18-2)7-12-8-13-10/h7-8H,3-6H2,1-2H3,(H,12,13,14). The minimum Gasteiger partial charge on any atom is -0.465 e. The van der Waals surface area contributed by atoms with Gasteiger partial charge in [-0.15, -0.1) is 0 Å². The fourth-order valence-corrected chi connectivity index (χ4v) is 1.75. The molecule has 0 amide bonds. The van der Waals surface area contributed by atoms with Gasteiger partial charge in [0.05, 0.1) is 7.11 Å². The molecule has 98 valence electrons. The number of carbonyl (C=O) groups is 1. The summed E-state index contributed by atoms with van der Waals surface area (Å²) in [5.74, 6) is 0.0497. The van der Waals surface area contributed by atoms with Crippen LogP contribution in [0.25, 0.3) is 0 Å². The smallest absolute Gasteiger partial charge is 0.343 e. The minimum atomic E-state index is -0.438. The van der Waals surface area contributed by atoms with Crippen molar-refractivity contribution in [1.82, 2.24) is 19.9 Å². The zero-order chi connectivity index (χ0) is 13.0. The molecule has 1 aliphatic heterocycles. The highest BCUT2D eigenvalue weighted by molar-refractivity contribution is 5.93. The lowest BCUT2D eigenvalue weighted by Gasteiger charge is -2.32. The van der Waals surface area contributed by atoms with Crippen molar-refractivity contribution in [3.05, 3.63) is 18.1 Å². The number of esters is 1. The number of hydrogen-bond donors (Lipinski definition) is 1. The predicted molar refractivity (Wildman–Crippen MR) is 66.1 cm³/mol. The molecule has 1 saturated heterocycles. The monoisotopic (exact) mass is 251 g/mol. The molecule has 1 N–H and O–H groups in total. The van der Waals surface area contributed by atoms with Crippen molar-refractivity contribution < 1.29 is 9.53 Å². The van der Waals surface area contributed by atoms with Crippen LogP contribution in [0, 0.1) is 0 Å². The van der Waals surface area contributed by atoms with E-state index in [4.69, 9.17) is 4.74 Å². The lowest BCUT2D eigenvalue weighted by Crippen LogP contribution is -2.47. The van der Waals surface area contributed by atoms with Gasteiger partial charge in [-0.3, -0.25) is 0 Å². The number of nitrogens with zero attached hydrogens (tertiary/aromatic N) is 4. The number of methoxy groups -OCH3 is 1. The van der Waals surface area contributed by atoms with Gasteiger partial charge in [0.25, 0.3) is 0 Å². The second-order valence-electron chi connectivity index (χ2n) is 4.18. The second kappa shape index (κ2) is 5.74. The summed E-state index contributed by atoms with van der Waals surface area (Å²) in [4.78, 5) is 21.7. The lowest BCUT2D eigenvalue weighted by molar-refractivity contribution is 0.0600. The van der Waals surface area contributed by atoms with E-state index in [1.165, 1.54) is 19.6 Å². The zero-order valence-corrected chi connectivity index (χ0v) is 10.6. The van der Waals surface area contributed by atoms with Crippen LogP contribution in [0.4, 0.5) is 5.82 Å². The Labute approximate surface area is 106 Å². The van der Waals surface area contributed by atoms with E-state index in [1.807, 2.05) is 5.01 Å². The molecule has 0 bridgehead atoms. The fraction of sp³-hybridized carbons (Fsp3) is 0.545. The van der Waals surface area contributed by atoms with Gasteiger partial charge >= 0.3 is 5.97 Å². The van der Waals surface area contributed by atoms with Gasteiger partial charge in [-0.05, 0) is 7.05 Å². The Kier molecular flexibility index (Phi) is 4.06. The Bertz CT molecular complexity index is 418. The summed E-state index contributed by atoms with van der Waals surface area (Å²) in [6.45, 7) is 3.71. The van der Waals surface area contributed by atoms with E-state index in [2.05, 4.69) is 27.3 Å². The highest BCUT2D eigenvalue weighted by Gasteiger charge is 2.18. The van der Waals surface area contributed by atoms with Crippen LogP contribution in [-0.4, -0.2) is 66.2 Å². The van der Waals surface area contributed by atoms with Crippen LogP contribution in [-0.2, 0) is 4.74 Å². The predicted octanol–water partition coefficient (Wildman–Crippen LogP) is -0.163. The molecule has 0 radical (unpaired) electrons. The van der Waals surface area contributed by atoms with E-state index in [9.17, 15) is 4.79 Å². The van der Waals surface area contributed by atoms with E-state index in [-0.39, 0.29) is 0 Å². The van der Waals surface area contributed by atoms with Crippen molar-refractivity contribution in [1.29, 1.82) is 0 Å². The van der Waals surface area contributed by atoms with Gasteiger partial charge in [-0.1, -0.05) is 0 Å². The minimum absolute atomic E-state index is 0.346. The largest absolute Gasteiger partial charge is 0.465 e. The van der Waals surface area contributed by atoms with Gasteiger partial charge in [0, 0.05) is 32.4 Å².